The van der Waals surface area contributed by atoms with E-state index < -0.39 is 30.0 Å². The number of benzene rings is 1. The Morgan fingerprint density at radius 3 is 1.48 bits per heavy atom. The van der Waals surface area contributed by atoms with Gasteiger partial charge in [-0.3, -0.25) is 0 Å². The van der Waals surface area contributed by atoms with E-state index in [9.17, 15) is 25.9 Å². The molecule has 0 bridgehead atoms. The summed E-state index contributed by atoms with van der Waals surface area (Å²) in [5.74, 6) is 0. The molecule has 1 aromatic carbocycles. The van der Waals surface area contributed by atoms with Crippen molar-refractivity contribution in [1.29, 1.82) is 0 Å². The van der Waals surface area contributed by atoms with Crippen molar-refractivity contribution < 1.29 is 47.0 Å². The van der Waals surface area contributed by atoms with Gasteiger partial charge < -0.3 is 20.6 Å². The first-order valence-electron chi connectivity index (χ1n) is 6.55. The molecule has 0 amide bonds. The first-order chi connectivity index (χ1) is 10.0. The van der Waals surface area contributed by atoms with Crippen LogP contribution in [0.3, 0.4) is 0 Å². The summed E-state index contributed by atoms with van der Waals surface area (Å²) in [6, 6.07) is 3.93. The molecular formula is C12H18N2O6PtS2+2. The van der Waals surface area contributed by atoms with Gasteiger partial charge in [0.25, 0.3) is 0 Å². The molecule has 2 rings (SSSR count). The molecule has 1 fully saturated rings. The van der Waals surface area contributed by atoms with E-state index in [1.165, 1.54) is 12.8 Å². The van der Waals surface area contributed by atoms with Crippen molar-refractivity contribution in [3.8, 4) is 0 Å². The van der Waals surface area contributed by atoms with E-state index in [2.05, 4.69) is 0 Å². The van der Waals surface area contributed by atoms with Crippen molar-refractivity contribution in [3.63, 3.8) is 0 Å². The molecule has 2 unspecified atom stereocenters. The van der Waals surface area contributed by atoms with Gasteiger partial charge in [0.1, 0.15) is 20.2 Å². The molecule has 1 saturated carbocycles. The summed E-state index contributed by atoms with van der Waals surface area (Å²) in [6.45, 7) is 0. The second-order valence-corrected chi connectivity index (χ2v) is 7.75. The Kier molecular flexibility index (Phi) is 9.07. The summed E-state index contributed by atoms with van der Waals surface area (Å²) in [6.07, 6.45) is 4.80. The minimum atomic E-state index is -4.74. The summed E-state index contributed by atoms with van der Waals surface area (Å²) in [7, 11) is -9.48. The van der Waals surface area contributed by atoms with Crippen molar-refractivity contribution >= 4 is 20.2 Å². The summed E-state index contributed by atoms with van der Waals surface area (Å²) in [5, 5.41) is 0. The third kappa shape index (κ3) is 7.84. The van der Waals surface area contributed by atoms with E-state index in [4.69, 9.17) is 11.5 Å². The molecule has 1 aromatic rings. The average Bonchev–Trinajstić information content (AvgIpc) is 2.41. The molecule has 0 aromatic heterocycles. The van der Waals surface area contributed by atoms with Crippen molar-refractivity contribution in [2.24, 2.45) is 11.5 Å². The number of rotatable bonds is 2. The summed E-state index contributed by atoms with van der Waals surface area (Å²) in [5.41, 5.74) is 11.3. The average molecular weight is 545 g/mol. The largest absolute Gasteiger partial charge is 4.00 e. The fourth-order valence-electron chi connectivity index (χ4n) is 1.97. The third-order valence-corrected chi connectivity index (χ3v) is 4.92. The van der Waals surface area contributed by atoms with Gasteiger partial charge in [-0.1, -0.05) is 18.9 Å². The smallest absolute Gasteiger partial charge is 0.744 e. The van der Waals surface area contributed by atoms with Gasteiger partial charge in [0, 0.05) is 12.1 Å². The molecule has 4 N–H and O–H groups in total. The van der Waals surface area contributed by atoms with Crippen LogP contribution in [0, 0.1) is 0 Å². The monoisotopic (exact) mass is 545 g/mol. The first-order valence-corrected chi connectivity index (χ1v) is 9.36. The fraction of sp³-hybridized carbons (Fsp3) is 0.500. The molecule has 132 valence electrons. The van der Waals surface area contributed by atoms with E-state index in [0.29, 0.717) is 6.07 Å². The predicted molar refractivity (Wildman–Crippen MR) is 76.8 cm³/mol. The van der Waals surface area contributed by atoms with Crippen LogP contribution in [0.15, 0.2) is 34.1 Å². The van der Waals surface area contributed by atoms with Crippen LogP contribution in [0.4, 0.5) is 0 Å². The molecule has 0 spiro atoms. The zero-order valence-electron chi connectivity index (χ0n) is 12.0. The van der Waals surface area contributed by atoms with Crippen LogP contribution in [0.25, 0.3) is 0 Å². The second kappa shape index (κ2) is 9.21. The maximum Gasteiger partial charge on any atom is 4.00 e. The van der Waals surface area contributed by atoms with Crippen LogP contribution in [0.5, 0.6) is 0 Å². The van der Waals surface area contributed by atoms with Crippen molar-refractivity contribution in [1.82, 2.24) is 0 Å². The van der Waals surface area contributed by atoms with Crippen LogP contribution in [-0.4, -0.2) is 38.0 Å². The van der Waals surface area contributed by atoms with Crippen LogP contribution in [0.2, 0.25) is 0 Å². The van der Waals surface area contributed by atoms with Gasteiger partial charge in [-0.05, 0) is 31.0 Å². The van der Waals surface area contributed by atoms with E-state index in [-0.39, 0.29) is 33.1 Å². The van der Waals surface area contributed by atoms with E-state index in [1.807, 2.05) is 0 Å². The Labute approximate surface area is 150 Å². The van der Waals surface area contributed by atoms with Crippen LogP contribution in [0.1, 0.15) is 25.7 Å². The molecular weight excluding hydrogens is 527 g/mol. The molecule has 1 aliphatic rings. The van der Waals surface area contributed by atoms with Gasteiger partial charge in [0.15, 0.2) is 0 Å². The maximum atomic E-state index is 10.5. The first kappa shape index (κ1) is 22.6. The maximum absolute atomic E-state index is 10.5. The Balaban J connectivity index is 0.000000460. The molecule has 0 saturated heterocycles. The van der Waals surface area contributed by atoms with Crippen molar-refractivity contribution in [2.75, 3.05) is 0 Å². The number of hydrogen-bond donors (Lipinski definition) is 2. The minimum Gasteiger partial charge on any atom is -0.744 e. The Bertz CT molecular complexity index is 651. The van der Waals surface area contributed by atoms with Gasteiger partial charge in [0.05, 0.1) is 9.79 Å². The summed E-state index contributed by atoms with van der Waals surface area (Å²) >= 11 is 0. The molecule has 2 atom stereocenters. The van der Waals surface area contributed by atoms with E-state index in [0.717, 1.165) is 31.0 Å². The second-order valence-electron chi connectivity index (χ2n) is 5.00. The standard InChI is InChI=1S/C6H14N2.C6H6O6S2.Pt/c7-5-3-1-2-4-6(5)8;7-13(8,9)5-2-1-3-6(4-5)14(10,11)12;/h5-6H,1-4,7-8H2;1-4H,(H,7,8,9)(H,10,11,12);/q;;+4/p-2. The Morgan fingerprint density at radius 1 is 0.870 bits per heavy atom. The normalized spacial score (nSPS) is 21.6. The minimum absolute atomic E-state index is 0. The topological polar surface area (TPSA) is 166 Å². The molecule has 0 radical (unpaired) electrons. The van der Waals surface area contributed by atoms with Gasteiger partial charge in [-0.25, -0.2) is 16.8 Å². The zero-order chi connectivity index (χ0) is 17.0. The van der Waals surface area contributed by atoms with Crippen LogP contribution >= 0.6 is 0 Å². The molecule has 11 heteroatoms. The Morgan fingerprint density at radius 2 is 1.22 bits per heavy atom. The van der Waals surface area contributed by atoms with Crippen molar-refractivity contribution in [3.05, 3.63) is 24.3 Å². The van der Waals surface area contributed by atoms with Gasteiger partial charge >= 0.3 is 21.1 Å². The zero-order valence-corrected chi connectivity index (χ0v) is 15.9. The Hall–Kier alpha value is -0.352. The predicted octanol–water partition coefficient (Wildman–Crippen LogP) is -0.293. The molecule has 0 heterocycles. The molecule has 8 nitrogen and oxygen atoms in total. The van der Waals surface area contributed by atoms with Crippen molar-refractivity contribution in [2.45, 2.75) is 47.6 Å². The van der Waals surface area contributed by atoms with Gasteiger partial charge in [0.2, 0.25) is 0 Å². The third-order valence-electron chi connectivity index (χ3n) is 3.26. The SMILES string of the molecule is NC1CCCCC1N.O=S(=O)([O-])c1cccc(S(=O)(=O)[O-])c1.[Pt+4]. The van der Waals surface area contributed by atoms with E-state index >= 15 is 0 Å². The fourth-order valence-corrected chi connectivity index (χ4v) is 3.08. The van der Waals surface area contributed by atoms with Gasteiger partial charge in [-0.2, -0.15) is 0 Å². The van der Waals surface area contributed by atoms with Gasteiger partial charge in [-0.15, -0.1) is 0 Å². The number of nitrogens with two attached hydrogens (primary N) is 2. The quantitative estimate of drug-likeness (QED) is 0.478. The molecule has 0 aliphatic heterocycles. The molecule has 23 heavy (non-hydrogen) atoms. The number of hydrogen-bond acceptors (Lipinski definition) is 8. The summed E-state index contributed by atoms with van der Waals surface area (Å²) < 4.78 is 62.8. The summed E-state index contributed by atoms with van der Waals surface area (Å²) in [4.78, 5) is -1.48. The van der Waals surface area contributed by atoms with E-state index in [1.54, 1.807) is 0 Å². The van der Waals surface area contributed by atoms with Crippen LogP contribution in [-0.2, 0) is 41.3 Å². The molecule has 1 aliphatic carbocycles. The van der Waals surface area contributed by atoms with Crippen LogP contribution < -0.4 is 11.5 Å².